The van der Waals surface area contributed by atoms with Crippen LogP contribution in [0.1, 0.15) is 18.1 Å². The van der Waals surface area contributed by atoms with Gasteiger partial charge in [-0.3, -0.25) is 9.20 Å². The number of hydrogen-bond donors (Lipinski definition) is 0. The predicted octanol–water partition coefficient (Wildman–Crippen LogP) is 3.78. The fourth-order valence-electron chi connectivity index (χ4n) is 3.29. The Morgan fingerprint density at radius 3 is 2.75 bits per heavy atom. The Morgan fingerprint density at radius 2 is 1.93 bits per heavy atom. The van der Waals surface area contributed by atoms with E-state index in [1.807, 2.05) is 67.6 Å². The van der Waals surface area contributed by atoms with Crippen LogP contribution in [0.3, 0.4) is 0 Å². The Kier molecular flexibility index (Phi) is 5.19. The third-order valence-electron chi connectivity index (χ3n) is 4.66. The first-order chi connectivity index (χ1) is 13.6. The van der Waals surface area contributed by atoms with Crippen molar-refractivity contribution in [2.45, 2.75) is 25.9 Å². The molecule has 4 aromatic rings. The number of benzene rings is 2. The fraction of sp³-hybridized carbons (Fsp3) is 0.286. The summed E-state index contributed by atoms with van der Waals surface area (Å²) in [6, 6.07) is 13.7. The molecule has 0 aliphatic rings. The zero-order valence-corrected chi connectivity index (χ0v) is 17.0. The summed E-state index contributed by atoms with van der Waals surface area (Å²) in [5.74, 6) is 1.29. The Balaban J connectivity index is 2.00. The van der Waals surface area contributed by atoms with E-state index in [1.54, 1.807) is 16.3 Å². The lowest BCUT2D eigenvalue weighted by atomic mass is 10.1. The molecule has 7 heteroatoms. The van der Waals surface area contributed by atoms with Crippen molar-refractivity contribution in [3.05, 3.63) is 63.9 Å². The molecule has 4 rings (SSSR count). The van der Waals surface area contributed by atoms with Crippen LogP contribution in [0.4, 0.5) is 0 Å². The van der Waals surface area contributed by atoms with Crippen molar-refractivity contribution in [1.82, 2.24) is 19.2 Å². The van der Waals surface area contributed by atoms with E-state index in [9.17, 15) is 4.79 Å². The minimum atomic E-state index is -0.0879. The van der Waals surface area contributed by atoms with E-state index in [1.165, 1.54) is 0 Å². The minimum Gasteiger partial charge on any atom is -0.381 e. The summed E-state index contributed by atoms with van der Waals surface area (Å²) in [5, 5.41) is 10.2. The van der Waals surface area contributed by atoms with Crippen molar-refractivity contribution in [3.8, 4) is 5.69 Å². The average molecular weight is 395 g/mol. The van der Waals surface area contributed by atoms with Crippen LogP contribution in [0.5, 0.6) is 0 Å². The highest BCUT2D eigenvalue weighted by atomic mass is 32.2. The van der Waals surface area contributed by atoms with E-state index in [0.29, 0.717) is 24.4 Å². The Morgan fingerprint density at radius 1 is 1.11 bits per heavy atom. The van der Waals surface area contributed by atoms with E-state index in [2.05, 4.69) is 10.2 Å². The van der Waals surface area contributed by atoms with Gasteiger partial charge in [0.1, 0.15) is 0 Å². The van der Waals surface area contributed by atoms with Crippen molar-refractivity contribution in [3.63, 3.8) is 0 Å². The molecule has 2 heterocycles. The summed E-state index contributed by atoms with van der Waals surface area (Å²) in [7, 11) is 0. The molecule has 0 spiro atoms. The standard InChI is InChI=1S/C21H22N4O2S/c1-4-27-11-12-28-21-23-22-20-24(18-13-14(2)9-10-15(18)3)19(26)16-7-5-6-8-17(16)25(20)21/h5-10,13H,4,11-12H2,1-3H3. The molecular formula is C21H22N4O2S. The van der Waals surface area contributed by atoms with Crippen LogP contribution < -0.4 is 5.56 Å². The number of aromatic nitrogens is 4. The van der Waals surface area contributed by atoms with E-state index >= 15 is 0 Å². The first-order valence-corrected chi connectivity index (χ1v) is 10.3. The van der Waals surface area contributed by atoms with Crippen LogP contribution in [-0.2, 0) is 4.74 Å². The average Bonchev–Trinajstić information content (AvgIpc) is 3.12. The maximum atomic E-state index is 13.4. The molecule has 0 atom stereocenters. The third kappa shape index (κ3) is 3.21. The number of nitrogens with zero attached hydrogens (tertiary/aromatic N) is 4. The lowest BCUT2D eigenvalue weighted by Gasteiger charge is -2.14. The number of para-hydroxylation sites is 1. The van der Waals surface area contributed by atoms with Gasteiger partial charge in [-0.15, -0.1) is 10.2 Å². The van der Waals surface area contributed by atoms with Gasteiger partial charge < -0.3 is 4.74 Å². The van der Waals surface area contributed by atoms with Crippen molar-refractivity contribution >= 4 is 28.4 Å². The Bertz CT molecular complexity index is 1210. The van der Waals surface area contributed by atoms with Gasteiger partial charge in [-0.25, -0.2) is 4.57 Å². The number of ether oxygens (including phenoxy) is 1. The Labute approximate surface area is 167 Å². The molecule has 0 saturated carbocycles. The summed E-state index contributed by atoms with van der Waals surface area (Å²) >= 11 is 1.58. The highest BCUT2D eigenvalue weighted by Gasteiger charge is 2.18. The van der Waals surface area contributed by atoms with Gasteiger partial charge in [-0.1, -0.05) is 36.0 Å². The lowest BCUT2D eigenvalue weighted by Crippen LogP contribution is -2.22. The van der Waals surface area contributed by atoms with Gasteiger partial charge in [0.2, 0.25) is 5.78 Å². The molecule has 0 N–H and O–H groups in total. The molecule has 0 bridgehead atoms. The number of fused-ring (bicyclic) bond motifs is 3. The molecule has 0 aliphatic heterocycles. The predicted molar refractivity (Wildman–Crippen MR) is 113 cm³/mol. The largest absolute Gasteiger partial charge is 0.381 e. The topological polar surface area (TPSA) is 61.4 Å². The van der Waals surface area contributed by atoms with Gasteiger partial charge in [0.25, 0.3) is 5.56 Å². The molecule has 2 aromatic carbocycles. The summed E-state index contributed by atoms with van der Waals surface area (Å²) < 4.78 is 9.08. The normalized spacial score (nSPS) is 11.5. The van der Waals surface area contributed by atoms with Crippen LogP contribution in [0.15, 0.2) is 52.4 Å². The van der Waals surface area contributed by atoms with Crippen LogP contribution in [0, 0.1) is 13.8 Å². The quantitative estimate of drug-likeness (QED) is 0.368. The minimum absolute atomic E-state index is 0.0879. The maximum Gasteiger partial charge on any atom is 0.267 e. The van der Waals surface area contributed by atoms with Crippen LogP contribution in [0.2, 0.25) is 0 Å². The third-order valence-corrected chi connectivity index (χ3v) is 5.56. The molecule has 0 radical (unpaired) electrons. The first-order valence-electron chi connectivity index (χ1n) is 9.29. The van der Waals surface area contributed by atoms with E-state index in [0.717, 1.165) is 33.2 Å². The zero-order valence-electron chi connectivity index (χ0n) is 16.2. The van der Waals surface area contributed by atoms with Crippen molar-refractivity contribution in [2.24, 2.45) is 0 Å². The van der Waals surface area contributed by atoms with Gasteiger partial charge in [0, 0.05) is 12.4 Å². The second-order valence-electron chi connectivity index (χ2n) is 6.61. The molecule has 2 aromatic heterocycles. The van der Waals surface area contributed by atoms with Crippen molar-refractivity contribution in [1.29, 1.82) is 0 Å². The number of aryl methyl sites for hydroxylation is 2. The summed E-state index contributed by atoms with van der Waals surface area (Å²) in [4.78, 5) is 13.4. The summed E-state index contributed by atoms with van der Waals surface area (Å²) in [6.45, 7) is 7.33. The van der Waals surface area contributed by atoms with Gasteiger partial charge in [-0.05, 0) is 50.1 Å². The van der Waals surface area contributed by atoms with Gasteiger partial charge in [0.05, 0.1) is 23.2 Å². The molecule has 0 unspecified atom stereocenters. The van der Waals surface area contributed by atoms with Crippen LogP contribution in [0.25, 0.3) is 22.4 Å². The highest BCUT2D eigenvalue weighted by molar-refractivity contribution is 7.99. The first kappa shape index (κ1) is 18.7. The van der Waals surface area contributed by atoms with E-state index < -0.39 is 0 Å². The van der Waals surface area contributed by atoms with E-state index in [-0.39, 0.29) is 5.56 Å². The summed E-state index contributed by atoms with van der Waals surface area (Å²) in [5.41, 5.74) is 3.66. The molecule has 6 nitrogen and oxygen atoms in total. The fourth-order valence-corrected chi connectivity index (χ4v) is 4.08. The molecule has 0 fully saturated rings. The molecule has 0 aliphatic carbocycles. The number of rotatable bonds is 6. The summed E-state index contributed by atoms with van der Waals surface area (Å²) in [6.07, 6.45) is 0. The van der Waals surface area contributed by atoms with Crippen LogP contribution >= 0.6 is 11.8 Å². The Hall–Kier alpha value is -2.64. The second kappa shape index (κ2) is 7.77. The zero-order chi connectivity index (χ0) is 19.7. The maximum absolute atomic E-state index is 13.4. The van der Waals surface area contributed by atoms with E-state index in [4.69, 9.17) is 4.74 Å². The van der Waals surface area contributed by atoms with Gasteiger partial charge in [-0.2, -0.15) is 0 Å². The SMILES string of the molecule is CCOCCSc1nnc2n(-c3cc(C)ccc3C)c(=O)c3ccccc3n12. The molecule has 28 heavy (non-hydrogen) atoms. The van der Waals surface area contributed by atoms with Gasteiger partial charge >= 0.3 is 0 Å². The highest BCUT2D eigenvalue weighted by Crippen LogP contribution is 2.24. The number of thioether (sulfide) groups is 1. The smallest absolute Gasteiger partial charge is 0.267 e. The van der Waals surface area contributed by atoms with Crippen molar-refractivity contribution in [2.75, 3.05) is 19.0 Å². The molecule has 0 saturated heterocycles. The monoisotopic (exact) mass is 394 g/mol. The second-order valence-corrected chi connectivity index (χ2v) is 7.67. The molecule has 144 valence electrons. The van der Waals surface area contributed by atoms with Crippen molar-refractivity contribution < 1.29 is 4.74 Å². The molecule has 0 amide bonds. The molecular weight excluding hydrogens is 372 g/mol. The van der Waals surface area contributed by atoms with Gasteiger partial charge in [0.15, 0.2) is 5.16 Å². The number of hydrogen-bond acceptors (Lipinski definition) is 5. The lowest BCUT2D eigenvalue weighted by molar-refractivity contribution is 0.164. The van der Waals surface area contributed by atoms with Crippen LogP contribution in [-0.4, -0.2) is 38.1 Å².